The first-order chi connectivity index (χ1) is 14.4. The van der Waals surface area contributed by atoms with Crippen molar-refractivity contribution in [3.05, 3.63) is 71.1 Å². The van der Waals surface area contributed by atoms with Crippen molar-refractivity contribution in [2.75, 3.05) is 25.5 Å². The summed E-state index contributed by atoms with van der Waals surface area (Å²) in [6.07, 6.45) is 0.630. The molecule has 1 amide bonds. The lowest BCUT2D eigenvalue weighted by atomic mass is 10.1. The molecule has 0 saturated heterocycles. The maximum atomic E-state index is 12.3. The largest absolute Gasteiger partial charge is 0.493 e. The van der Waals surface area contributed by atoms with Gasteiger partial charge >= 0.3 is 0 Å². The van der Waals surface area contributed by atoms with E-state index in [9.17, 15) is 13.2 Å². The number of thiophene rings is 1. The van der Waals surface area contributed by atoms with Gasteiger partial charge < -0.3 is 14.8 Å². The number of anilines is 1. The molecule has 0 fully saturated rings. The average Bonchev–Trinajstić information content (AvgIpc) is 3.30. The summed E-state index contributed by atoms with van der Waals surface area (Å²) in [5, 5.41) is 4.55. The fourth-order valence-corrected chi connectivity index (χ4v) is 4.82. The molecule has 158 valence electrons. The zero-order valence-corrected chi connectivity index (χ0v) is 18.2. The number of ether oxygens (including phenoxy) is 2. The summed E-state index contributed by atoms with van der Waals surface area (Å²) in [5.74, 6) is 1.06. The molecule has 1 aromatic heterocycles. The lowest BCUT2D eigenvalue weighted by molar-refractivity contribution is 0.0954. The normalized spacial score (nSPS) is 11.0. The van der Waals surface area contributed by atoms with Gasteiger partial charge in [0.05, 0.1) is 14.2 Å². The third-order valence-electron chi connectivity index (χ3n) is 4.31. The second kappa shape index (κ2) is 9.64. The van der Waals surface area contributed by atoms with Crippen molar-refractivity contribution in [1.29, 1.82) is 0 Å². The third-order valence-corrected chi connectivity index (χ3v) is 7.09. The molecule has 2 N–H and O–H groups in total. The minimum atomic E-state index is -3.61. The molecule has 0 saturated carbocycles. The van der Waals surface area contributed by atoms with Crippen LogP contribution in [0.25, 0.3) is 0 Å². The minimum Gasteiger partial charge on any atom is -0.493 e. The number of hydrogen-bond donors (Lipinski definition) is 2. The topological polar surface area (TPSA) is 93.7 Å². The lowest BCUT2D eigenvalue weighted by Crippen LogP contribution is -2.25. The SMILES string of the molecule is COc1ccc(CCNC(=O)c2ccc(NS(=O)(=O)c3cccs3)cc2)cc1OC. The Morgan fingerprint density at radius 1 is 1.00 bits per heavy atom. The van der Waals surface area contributed by atoms with E-state index in [1.807, 2.05) is 18.2 Å². The summed E-state index contributed by atoms with van der Waals surface area (Å²) >= 11 is 1.14. The number of amides is 1. The van der Waals surface area contributed by atoms with Crippen LogP contribution in [0.4, 0.5) is 5.69 Å². The monoisotopic (exact) mass is 446 g/mol. The van der Waals surface area contributed by atoms with Crippen molar-refractivity contribution in [1.82, 2.24) is 5.32 Å². The van der Waals surface area contributed by atoms with Gasteiger partial charge in [-0.15, -0.1) is 11.3 Å². The molecule has 0 atom stereocenters. The Balaban J connectivity index is 1.55. The highest BCUT2D eigenvalue weighted by Gasteiger charge is 2.15. The highest BCUT2D eigenvalue weighted by Crippen LogP contribution is 2.27. The van der Waals surface area contributed by atoms with E-state index >= 15 is 0 Å². The second-order valence-electron chi connectivity index (χ2n) is 6.31. The summed E-state index contributed by atoms with van der Waals surface area (Å²) in [5.41, 5.74) is 1.85. The van der Waals surface area contributed by atoms with Gasteiger partial charge in [-0.1, -0.05) is 12.1 Å². The van der Waals surface area contributed by atoms with Crippen molar-refractivity contribution < 1.29 is 22.7 Å². The Hall–Kier alpha value is -3.04. The van der Waals surface area contributed by atoms with Crippen LogP contribution in [0, 0.1) is 0 Å². The van der Waals surface area contributed by atoms with E-state index in [1.54, 1.807) is 49.9 Å². The Bertz CT molecular complexity index is 1090. The van der Waals surface area contributed by atoms with Gasteiger partial charge in [0, 0.05) is 17.8 Å². The van der Waals surface area contributed by atoms with Crippen LogP contribution in [0.2, 0.25) is 0 Å². The molecular formula is C21H22N2O5S2. The van der Waals surface area contributed by atoms with Gasteiger partial charge in [-0.3, -0.25) is 9.52 Å². The Morgan fingerprint density at radius 2 is 1.73 bits per heavy atom. The molecule has 0 aliphatic heterocycles. The van der Waals surface area contributed by atoms with E-state index in [0.29, 0.717) is 35.7 Å². The highest BCUT2D eigenvalue weighted by atomic mass is 32.2. The summed E-state index contributed by atoms with van der Waals surface area (Å²) in [7, 11) is -0.453. The van der Waals surface area contributed by atoms with Crippen LogP contribution in [0.5, 0.6) is 11.5 Å². The van der Waals surface area contributed by atoms with E-state index in [1.165, 1.54) is 6.07 Å². The van der Waals surface area contributed by atoms with Gasteiger partial charge in [-0.25, -0.2) is 8.42 Å². The second-order valence-corrected chi connectivity index (χ2v) is 9.17. The van der Waals surface area contributed by atoms with Crippen LogP contribution in [-0.2, 0) is 16.4 Å². The number of carbonyl (C=O) groups excluding carboxylic acids is 1. The first-order valence-corrected chi connectivity index (χ1v) is 11.4. The number of benzene rings is 2. The number of sulfonamides is 1. The molecule has 1 heterocycles. The Labute approximate surface area is 179 Å². The highest BCUT2D eigenvalue weighted by molar-refractivity contribution is 7.94. The molecular weight excluding hydrogens is 424 g/mol. The number of carbonyl (C=O) groups is 1. The number of nitrogens with one attached hydrogen (secondary N) is 2. The van der Waals surface area contributed by atoms with Gasteiger partial charge in [0.25, 0.3) is 15.9 Å². The van der Waals surface area contributed by atoms with Crippen molar-refractivity contribution in [3.63, 3.8) is 0 Å². The van der Waals surface area contributed by atoms with Crippen molar-refractivity contribution >= 4 is 33.0 Å². The van der Waals surface area contributed by atoms with Crippen molar-refractivity contribution in [2.45, 2.75) is 10.6 Å². The summed E-state index contributed by atoms with van der Waals surface area (Å²) in [6, 6.07) is 15.1. The average molecular weight is 447 g/mol. The van der Waals surface area contributed by atoms with E-state index < -0.39 is 10.0 Å². The van der Waals surface area contributed by atoms with E-state index in [4.69, 9.17) is 9.47 Å². The van der Waals surface area contributed by atoms with E-state index in [0.717, 1.165) is 16.9 Å². The molecule has 9 heteroatoms. The van der Waals surface area contributed by atoms with Crippen LogP contribution in [-0.4, -0.2) is 35.1 Å². The van der Waals surface area contributed by atoms with Crippen molar-refractivity contribution in [3.8, 4) is 11.5 Å². The van der Waals surface area contributed by atoms with Gasteiger partial charge in [0.1, 0.15) is 4.21 Å². The van der Waals surface area contributed by atoms with Gasteiger partial charge in [0.15, 0.2) is 11.5 Å². The molecule has 0 unspecified atom stereocenters. The fourth-order valence-electron chi connectivity index (χ4n) is 2.77. The molecule has 30 heavy (non-hydrogen) atoms. The molecule has 7 nitrogen and oxygen atoms in total. The summed E-state index contributed by atoms with van der Waals surface area (Å²) < 4.78 is 37.7. The number of hydrogen-bond acceptors (Lipinski definition) is 6. The first-order valence-electron chi connectivity index (χ1n) is 9.08. The maximum absolute atomic E-state index is 12.3. The van der Waals surface area contributed by atoms with Gasteiger partial charge in [-0.05, 0) is 59.8 Å². The Morgan fingerprint density at radius 3 is 2.37 bits per heavy atom. The Kier molecular flexibility index (Phi) is 6.96. The first kappa shape index (κ1) is 21.7. The molecule has 0 spiro atoms. The lowest BCUT2D eigenvalue weighted by Gasteiger charge is -2.10. The molecule has 0 aliphatic carbocycles. The molecule has 0 radical (unpaired) electrons. The fraction of sp³-hybridized carbons (Fsp3) is 0.190. The quantitative estimate of drug-likeness (QED) is 0.524. The summed E-state index contributed by atoms with van der Waals surface area (Å²) in [4.78, 5) is 12.3. The summed E-state index contributed by atoms with van der Waals surface area (Å²) in [6.45, 7) is 0.446. The molecule has 3 rings (SSSR count). The van der Waals surface area contributed by atoms with E-state index in [2.05, 4.69) is 10.0 Å². The zero-order chi connectivity index (χ0) is 21.6. The number of rotatable bonds is 9. The van der Waals surface area contributed by atoms with Crippen LogP contribution in [0.3, 0.4) is 0 Å². The minimum absolute atomic E-state index is 0.233. The predicted molar refractivity (Wildman–Crippen MR) is 117 cm³/mol. The third kappa shape index (κ3) is 5.31. The standard InChI is InChI=1S/C21H22N2O5S2/c1-27-18-10-5-15(14-19(18)28-2)11-12-22-21(24)16-6-8-17(9-7-16)23-30(25,26)20-4-3-13-29-20/h3-10,13-14,23H,11-12H2,1-2H3,(H,22,24). The van der Waals surface area contributed by atoms with Gasteiger partial charge in [0.2, 0.25) is 0 Å². The zero-order valence-electron chi connectivity index (χ0n) is 16.5. The van der Waals surface area contributed by atoms with E-state index in [-0.39, 0.29) is 10.1 Å². The van der Waals surface area contributed by atoms with Crippen LogP contribution in [0.15, 0.2) is 64.2 Å². The molecule has 3 aromatic rings. The van der Waals surface area contributed by atoms with Gasteiger partial charge in [-0.2, -0.15) is 0 Å². The molecule has 0 bridgehead atoms. The molecule has 0 aliphatic rings. The van der Waals surface area contributed by atoms with Crippen LogP contribution < -0.4 is 19.5 Å². The number of methoxy groups -OCH3 is 2. The smallest absolute Gasteiger partial charge is 0.271 e. The maximum Gasteiger partial charge on any atom is 0.271 e. The predicted octanol–water partition coefficient (Wildman–Crippen LogP) is 3.54. The van der Waals surface area contributed by atoms with Crippen molar-refractivity contribution in [2.24, 2.45) is 0 Å². The van der Waals surface area contributed by atoms with Crippen LogP contribution in [0.1, 0.15) is 15.9 Å². The molecule has 2 aromatic carbocycles. The van der Waals surface area contributed by atoms with Crippen LogP contribution >= 0.6 is 11.3 Å².